The molecule has 4 nitrogen and oxygen atoms in total. The van der Waals surface area contributed by atoms with E-state index in [0.29, 0.717) is 13.0 Å². The van der Waals surface area contributed by atoms with E-state index in [1.54, 1.807) is 6.92 Å². The first-order valence-corrected chi connectivity index (χ1v) is 8.24. The Morgan fingerprint density at radius 3 is 2.56 bits per heavy atom. The van der Waals surface area contributed by atoms with Gasteiger partial charge in [-0.2, -0.15) is 9.57 Å². The zero-order valence-corrected chi connectivity index (χ0v) is 12.5. The van der Waals surface area contributed by atoms with E-state index in [-0.39, 0.29) is 6.04 Å². The highest BCUT2D eigenvalue weighted by atomic mass is 32.2. The van der Waals surface area contributed by atoms with Crippen LogP contribution in [0.25, 0.3) is 0 Å². The lowest BCUT2D eigenvalue weighted by atomic mass is 10.3. The van der Waals surface area contributed by atoms with Crippen molar-refractivity contribution < 1.29 is 8.42 Å². The molecule has 0 aliphatic carbocycles. The smallest absolute Gasteiger partial charge is 0.211 e. The molecule has 18 heavy (non-hydrogen) atoms. The van der Waals surface area contributed by atoms with Crippen molar-refractivity contribution in [1.82, 2.24) is 4.31 Å². The third kappa shape index (κ3) is 3.31. The Morgan fingerprint density at radius 2 is 2.17 bits per heavy atom. The number of thiophene rings is 1. The van der Waals surface area contributed by atoms with Crippen LogP contribution in [-0.4, -0.2) is 24.0 Å². The molecule has 100 valence electrons. The molecule has 1 unspecified atom stereocenters. The number of hydrogen-bond donors (Lipinski definition) is 0. The van der Waals surface area contributed by atoms with Crippen LogP contribution in [0, 0.1) is 11.3 Å². The summed E-state index contributed by atoms with van der Waals surface area (Å²) in [6.45, 7) is 5.72. The van der Waals surface area contributed by atoms with Gasteiger partial charge in [-0.15, -0.1) is 11.3 Å². The zero-order valence-electron chi connectivity index (χ0n) is 10.8. The van der Waals surface area contributed by atoms with Crippen LogP contribution in [0.4, 0.5) is 0 Å². The van der Waals surface area contributed by atoms with Crippen LogP contribution >= 0.6 is 11.3 Å². The molecule has 1 aromatic heterocycles. The second-order valence-electron chi connectivity index (χ2n) is 4.29. The predicted molar refractivity (Wildman–Crippen MR) is 73.6 cm³/mol. The molecule has 0 aliphatic rings. The summed E-state index contributed by atoms with van der Waals surface area (Å²) in [5, 5.41) is 9.93. The second-order valence-corrected chi connectivity index (χ2v) is 7.39. The minimum Gasteiger partial charge on any atom is -0.211 e. The molecule has 6 heteroatoms. The number of sulfonamides is 1. The normalized spacial score (nSPS) is 13.8. The maximum Gasteiger partial charge on any atom is 0.231 e. The van der Waals surface area contributed by atoms with Crippen molar-refractivity contribution in [2.24, 2.45) is 0 Å². The molecule has 1 atom stereocenters. The van der Waals surface area contributed by atoms with Crippen LogP contribution < -0.4 is 0 Å². The first kappa shape index (κ1) is 15.2. The molecule has 0 radical (unpaired) electrons. The highest BCUT2D eigenvalue weighted by Crippen LogP contribution is 2.21. The maximum atomic E-state index is 12.4. The van der Waals surface area contributed by atoms with Gasteiger partial charge >= 0.3 is 0 Å². The highest BCUT2D eigenvalue weighted by Gasteiger charge is 2.32. The van der Waals surface area contributed by atoms with Crippen molar-refractivity contribution >= 4 is 21.4 Å². The van der Waals surface area contributed by atoms with Crippen molar-refractivity contribution in [3.63, 3.8) is 0 Å². The fourth-order valence-electron chi connectivity index (χ4n) is 1.65. The Kier molecular flexibility index (Phi) is 5.32. The van der Waals surface area contributed by atoms with Gasteiger partial charge in [0.25, 0.3) is 0 Å². The first-order valence-electron chi connectivity index (χ1n) is 5.86. The number of nitrogens with zero attached hydrogens (tertiary/aromatic N) is 2. The van der Waals surface area contributed by atoms with E-state index in [2.05, 4.69) is 0 Å². The summed E-state index contributed by atoms with van der Waals surface area (Å²) < 4.78 is 26.2. The molecule has 0 N–H and O–H groups in total. The fraction of sp³-hybridized carbons (Fsp3) is 0.583. The Morgan fingerprint density at radius 1 is 1.50 bits per heavy atom. The van der Waals surface area contributed by atoms with Crippen LogP contribution in [0.2, 0.25) is 0 Å². The Bertz CT molecular complexity index is 501. The van der Waals surface area contributed by atoms with Gasteiger partial charge in [0.2, 0.25) is 10.0 Å². The molecule has 0 saturated heterocycles. The Labute approximate surface area is 113 Å². The molecule has 1 aromatic rings. The standard InChI is InChI=1S/C12H18N2O2S2/c1-4-12(8-13)18(15,16)14(10(2)3)9-11-6-5-7-17-11/h5-7,10,12H,4,9H2,1-3H3. The molecule has 1 rings (SSSR count). The summed E-state index contributed by atoms with van der Waals surface area (Å²) >= 11 is 1.52. The molecule has 0 aromatic carbocycles. The lowest BCUT2D eigenvalue weighted by Gasteiger charge is -2.27. The average Bonchev–Trinajstić information content (AvgIpc) is 2.79. The summed E-state index contributed by atoms with van der Waals surface area (Å²) in [4.78, 5) is 0.986. The van der Waals surface area contributed by atoms with Crippen molar-refractivity contribution in [3.05, 3.63) is 22.4 Å². The monoisotopic (exact) mass is 286 g/mol. The Balaban J connectivity index is 3.02. The van der Waals surface area contributed by atoms with Gasteiger partial charge in [0.1, 0.15) is 0 Å². The second kappa shape index (κ2) is 6.32. The van der Waals surface area contributed by atoms with E-state index in [1.165, 1.54) is 15.6 Å². The van der Waals surface area contributed by atoms with Gasteiger partial charge in [0, 0.05) is 17.5 Å². The van der Waals surface area contributed by atoms with Crippen LogP contribution in [0.1, 0.15) is 32.1 Å². The van der Waals surface area contributed by atoms with Gasteiger partial charge < -0.3 is 0 Å². The third-order valence-corrected chi connectivity index (χ3v) is 5.89. The number of hydrogen-bond acceptors (Lipinski definition) is 4. The van der Waals surface area contributed by atoms with E-state index in [4.69, 9.17) is 5.26 Å². The number of nitriles is 1. The van der Waals surface area contributed by atoms with Crippen LogP contribution in [-0.2, 0) is 16.6 Å². The SMILES string of the molecule is CCC(C#N)S(=O)(=O)N(Cc1cccs1)C(C)C. The molecule has 0 bridgehead atoms. The van der Waals surface area contributed by atoms with Crippen molar-refractivity contribution in [2.45, 2.75) is 45.0 Å². The van der Waals surface area contributed by atoms with Gasteiger partial charge in [-0.25, -0.2) is 8.42 Å². The molecular weight excluding hydrogens is 268 g/mol. The van der Waals surface area contributed by atoms with Gasteiger partial charge in [-0.3, -0.25) is 0 Å². The van der Waals surface area contributed by atoms with Crippen molar-refractivity contribution in [3.8, 4) is 6.07 Å². The fourth-order valence-corrected chi connectivity index (χ4v) is 4.23. The molecule has 0 aliphatic heterocycles. The van der Waals surface area contributed by atoms with Gasteiger partial charge in [0.15, 0.2) is 5.25 Å². The summed E-state index contributed by atoms with van der Waals surface area (Å²) in [5.41, 5.74) is 0. The molecule has 0 amide bonds. The van der Waals surface area contributed by atoms with E-state index >= 15 is 0 Å². The number of rotatable bonds is 6. The van der Waals surface area contributed by atoms with E-state index < -0.39 is 15.3 Å². The summed E-state index contributed by atoms with van der Waals surface area (Å²) in [5.74, 6) is 0. The minimum absolute atomic E-state index is 0.153. The topological polar surface area (TPSA) is 61.2 Å². The summed E-state index contributed by atoms with van der Waals surface area (Å²) in [6, 6.07) is 5.53. The molecular formula is C12H18N2O2S2. The summed E-state index contributed by atoms with van der Waals surface area (Å²) in [7, 11) is -3.56. The van der Waals surface area contributed by atoms with Crippen molar-refractivity contribution in [2.75, 3.05) is 0 Å². The lowest BCUT2D eigenvalue weighted by molar-refractivity contribution is 0.347. The van der Waals surface area contributed by atoms with Crippen LogP contribution in [0.5, 0.6) is 0 Å². The van der Waals surface area contributed by atoms with Gasteiger partial charge in [0.05, 0.1) is 6.07 Å². The maximum absolute atomic E-state index is 12.4. The predicted octanol–water partition coefficient (Wildman–Crippen LogP) is 2.59. The summed E-state index contributed by atoms with van der Waals surface area (Å²) in [6.07, 6.45) is 0.312. The van der Waals surface area contributed by atoms with Gasteiger partial charge in [-0.1, -0.05) is 13.0 Å². The molecule has 1 heterocycles. The molecule has 0 spiro atoms. The highest BCUT2D eigenvalue weighted by molar-refractivity contribution is 7.90. The average molecular weight is 286 g/mol. The third-order valence-electron chi connectivity index (χ3n) is 2.67. The van der Waals surface area contributed by atoms with Crippen LogP contribution in [0.3, 0.4) is 0 Å². The van der Waals surface area contributed by atoms with E-state index in [0.717, 1.165) is 4.88 Å². The lowest BCUT2D eigenvalue weighted by Crippen LogP contribution is -2.41. The van der Waals surface area contributed by atoms with Crippen LogP contribution in [0.15, 0.2) is 17.5 Å². The van der Waals surface area contributed by atoms with E-state index in [1.807, 2.05) is 37.4 Å². The zero-order chi connectivity index (χ0) is 13.8. The molecule has 0 saturated carbocycles. The van der Waals surface area contributed by atoms with Crippen molar-refractivity contribution in [1.29, 1.82) is 5.26 Å². The quantitative estimate of drug-likeness (QED) is 0.807. The van der Waals surface area contributed by atoms with Gasteiger partial charge in [-0.05, 0) is 31.7 Å². The van der Waals surface area contributed by atoms with E-state index in [9.17, 15) is 8.42 Å². The Hall–Kier alpha value is -0.900. The largest absolute Gasteiger partial charge is 0.231 e. The molecule has 0 fully saturated rings. The first-order chi connectivity index (χ1) is 8.43. The minimum atomic E-state index is -3.56.